The first-order chi connectivity index (χ1) is 10.2. The largest absolute Gasteiger partial charge is 0.480 e. The van der Waals surface area contributed by atoms with Gasteiger partial charge in [-0.3, -0.25) is 10.1 Å². The van der Waals surface area contributed by atoms with Gasteiger partial charge in [0.05, 0.1) is 0 Å². The number of carboxylic acid groups (broad SMARTS) is 1. The van der Waals surface area contributed by atoms with Gasteiger partial charge in [0.2, 0.25) is 0 Å². The molecular weight excluding hydrogens is 262 g/mol. The van der Waals surface area contributed by atoms with E-state index in [-0.39, 0.29) is 0 Å². The van der Waals surface area contributed by atoms with Gasteiger partial charge in [0.1, 0.15) is 5.54 Å². The molecule has 0 amide bonds. The third kappa shape index (κ3) is 2.83. The molecule has 1 atom stereocenters. The van der Waals surface area contributed by atoms with Crippen molar-refractivity contribution in [3.05, 3.63) is 71.3 Å². The standard InChI is InChI=1S/C18H19NO2/c20-17(21)18(19-13-14-6-2-1-3-7-14)11-10-15-8-4-5-9-16(15)12-18/h1-9,19H,10-13H2,(H,20,21). The predicted molar refractivity (Wildman–Crippen MR) is 82.1 cm³/mol. The molecule has 108 valence electrons. The second-order valence-electron chi connectivity index (χ2n) is 5.67. The van der Waals surface area contributed by atoms with Crippen LogP contribution >= 0.6 is 0 Å². The molecule has 1 unspecified atom stereocenters. The van der Waals surface area contributed by atoms with E-state index >= 15 is 0 Å². The van der Waals surface area contributed by atoms with Crippen LogP contribution in [0, 0.1) is 0 Å². The lowest BCUT2D eigenvalue weighted by atomic mass is 9.78. The molecule has 2 aromatic carbocycles. The van der Waals surface area contributed by atoms with E-state index in [4.69, 9.17) is 0 Å². The fourth-order valence-corrected chi connectivity index (χ4v) is 3.01. The summed E-state index contributed by atoms with van der Waals surface area (Å²) in [6.07, 6.45) is 1.99. The lowest BCUT2D eigenvalue weighted by Crippen LogP contribution is -2.55. The molecule has 0 bridgehead atoms. The Labute approximate surface area is 124 Å². The van der Waals surface area contributed by atoms with Gasteiger partial charge in [0, 0.05) is 13.0 Å². The van der Waals surface area contributed by atoms with Crippen LogP contribution in [0.15, 0.2) is 54.6 Å². The number of hydrogen-bond acceptors (Lipinski definition) is 2. The van der Waals surface area contributed by atoms with Gasteiger partial charge < -0.3 is 5.11 Å². The highest BCUT2D eigenvalue weighted by Crippen LogP contribution is 2.29. The Bertz CT molecular complexity index is 639. The summed E-state index contributed by atoms with van der Waals surface area (Å²) in [6.45, 7) is 0.579. The fourth-order valence-electron chi connectivity index (χ4n) is 3.01. The number of hydrogen-bond donors (Lipinski definition) is 2. The summed E-state index contributed by atoms with van der Waals surface area (Å²) in [7, 11) is 0. The molecule has 0 fully saturated rings. The maximum Gasteiger partial charge on any atom is 0.324 e. The second-order valence-corrected chi connectivity index (χ2v) is 5.67. The predicted octanol–water partition coefficient (Wildman–Crippen LogP) is 2.79. The molecule has 3 heteroatoms. The molecule has 2 N–H and O–H groups in total. The zero-order valence-electron chi connectivity index (χ0n) is 11.9. The molecule has 0 saturated carbocycles. The normalized spacial score (nSPS) is 20.8. The average Bonchev–Trinajstić information content (AvgIpc) is 2.53. The monoisotopic (exact) mass is 281 g/mol. The van der Waals surface area contributed by atoms with Crippen molar-refractivity contribution in [1.29, 1.82) is 0 Å². The van der Waals surface area contributed by atoms with Crippen molar-refractivity contribution in [1.82, 2.24) is 5.32 Å². The number of carbonyl (C=O) groups is 1. The number of benzene rings is 2. The molecule has 0 spiro atoms. The highest BCUT2D eigenvalue weighted by molar-refractivity contribution is 5.80. The van der Waals surface area contributed by atoms with Crippen LogP contribution in [0.4, 0.5) is 0 Å². The van der Waals surface area contributed by atoms with Gasteiger partial charge in [0.15, 0.2) is 0 Å². The fraction of sp³-hybridized carbons (Fsp3) is 0.278. The van der Waals surface area contributed by atoms with Crippen molar-refractivity contribution in [3.8, 4) is 0 Å². The van der Waals surface area contributed by atoms with Gasteiger partial charge in [-0.15, -0.1) is 0 Å². The molecule has 0 heterocycles. The van der Waals surface area contributed by atoms with Gasteiger partial charge in [-0.05, 0) is 29.5 Å². The number of fused-ring (bicyclic) bond motifs is 1. The number of nitrogens with one attached hydrogen (secondary N) is 1. The number of carboxylic acids is 1. The average molecular weight is 281 g/mol. The second kappa shape index (κ2) is 5.70. The van der Waals surface area contributed by atoms with Crippen molar-refractivity contribution in [2.45, 2.75) is 31.3 Å². The van der Waals surface area contributed by atoms with Crippen LogP contribution in [0.2, 0.25) is 0 Å². The number of aliphatic carboxylic acids is 1. The van der Waals surface area contributed by atoms with Crippen molar-refractivity contribution >= 4 is 5.97 Å². The summed E-state index contributed by atoms with van der Waals surface area (Å²) in [5.74, 6) is -0.757. The molecule has 3 rings (SSSR count). The molecule has 21 heavy (non-hydrogen) atoms. The number of aryl methyl sites for hydroxylation is 1. The molecule has 0 radical (unpaired) electrons. The zero-order valence-corrected chi connectivity index (χ0v) is 11.9. The van der Waals surface area contributed by atoms with Crippen LogP contribution in [-0.2, 0) is 24.2 Å². The quantitative estimate of drug-likeness (QED) is 0.906. The molecule has 1 aliphatic carbocycles. The minimum atomic E-state index is -0.857. The Kier molecular flexibility index (Phi) is 3.76. The number of rotatable bonds is 4. The first-order valence-corrected chi connectivity index (χ1v) is 7.29. The Morgan fingerprint density at radius 1 is 1.05 bits per heavy atom. The van der Waals surface area contributed by atoms with Crippen LogP contribution < -0.4 is 5.32 Å². The highest BCUT2D eigenvalue weighted by atomic mass is 16.4. The minimum Gasteiger partial charge on any atom is -0.480 e. The zero-order chi connectivity index (χ0) is 14.7. The van der Waals surface area contributed by atoms with E-state index < -0.39 is 11.5 Å². The van der Waals surface area contributed by atoms with Crippen LogP contribution in [-0.4, -0.2) is 16.6 Å². The summed E-state index contributed by atoms with van der Waals surface area (Å²) in [5.41, 5.74) is 2.67. The van der Waals surface area contributed by atoms with Gasteiger partial charge in [-0.25, -0.2) is 0 Å². The topological polar surface area (TPSA) is 49.3 Å². The van der Waals surface area contributed by atoms with Gasteiger partial charge in [-0.1, -0.05) is 54.6 Å². The van der Waals surface area contributed by atoms with Crippen molar-refractivity contribution in [2.24, 2.45) is 0 Å². The van der Waals surface area contributed by atoms with E-state index in [0.29, 0.717) is 19.4 Å². The van der Waals surface area contributed by atoms with Crippen LogP contribution in [0.3, 0.4) is 0 Å². The third-order valence-electron chi connectivity index (χ3n) is 4.31. The smallest absolute Gasteiger partial charge is 0.324 e. The molecule has 3 nitrogen and oxygen atoms in total. The Morgan fingerprint density at radius 3 is 2.43 bits per heavy atom. The molecule has 0 aromatic heterocycles. The molecular formula is C18H19NO2. The van der Waals surface area contributed by atoms with E-state index in [9.17, 15) is 9.90 Å². The Hall–Kier alpha value is -2.13. The summed E-state index contributed by atoms with van der Waals surface area (Å²) in [5, 5.41) is 13.0. The van der Waals surface area contributed by atoms with Crippen molar-refractivity contribution in [2.75, 3.05) is 0 Å². The Balaban J connectivity index is 1.80. The van der Waals surface area contributed by atoms with E-state index in [1.807, 2.05) is 48.5 Å². The minimum absolute atomic E-state index is 0.547. The Morgan fingerprint density at radius 2 is 1.71 bits per heavy atom. The lowest BCUT2D eigenvalue weighted by molar-refractivity contribution is -0.145. The van der Waals surface area contributed by atoms with Crippen LogP contribution in [0.5, 0.6) is 0 Å². The van der Waals surface area contributed by atoms with Crippen LogP contribution in [0.1, 0.15) is 23.1 Å². The summed E-state index contributed by atoms with van der Waals surface area (Å²) >= 11 is 0. The summed E-state index contributed by atoms with van der Waals surface area (Å²) in [6, 6.07) is 18.1. The van der Waals surface area contributed by atoms with Crippen molar-refractivity contribution in [3.63, 3.8) is 0 Å². The van der Waals surface area contributed by atoms with E-state index in [1.165, 1.54) is 5.56 Å². The first-order valence-electron chi connectivity index (χ1n) is 7.29. The van der Waals surface area contributed by atoms with Crippen LogP contribution in [0.25, 0.3) is 0 Å². The molecule has 0 aliphatic heterocycles. The maximum atomic E-state index is 11.8. The molecule has 0 saturated heterocycles. The van der Waals surface area contributed by atoms with E-state index in [1.54, 1.807) is 0 Å². The SMILES string of the molecule is O=C(O)C1(NCc2ccccc2)CCc2ccccc2C1. The maximum absolute atomic E-state index is 11.8. The van der Waals surface area contributed by atoms with Gasteiger partial charge in [-0.2, -0.15) is 0 Å². The summed E-state index contributed by atoms with van der Waals surface area (Å²) in [4.78, 5) is 11.8. The molecule has 1 aliphatic rings. The van der Waals surface area contributed by atoms with Gasteiger partial charge in [0.25, 0.3) is 0 Å². The van der Waals surface area contributed by atoms with E-state index in [0.717, 1.165) is 17.5 Å². The summed E-state index contributed by atoms with van der Waals surface area (Å²) < 4.78 is 0. The first kappa shape index (κ1) is 13.8. The van der Waals surface area contributed by atoms with Gasteiger partial charge >= 0.3 is 5.97 Å². The highest BCUT2D eigenvalue weighted by Gasteiger charge is 2.40. The van der Waals surface area contributed by atoms with Crippen molar-refractivity contribution < 1.29 is 9.90 Å². The third-order valence-corrected chi connectivity index (χ3v) is 4.31. The molecule has 2 aromatic rings. The van der Waals surface area contributed by atoms with E-state index in [2.05, 4.69) is 11.4 Å². The lowest BCUT2D eigenvalue weighted by Gasteiger charge is -2.35.